The SMILES string of the molecule is O=C(Oc1ccc(C(=O)C(=O)c2ccccc2)cc1)c1ccc(C(=O)Oc2ccc(C(=O)C(=O)c3ccccc3)cc2)cc1. The highest BCUT2D eigenvalue weighted by atomic mass is 16.5. The molecule has 0 fully saturated rings. The molecule has 8 nitrogen and oxygen atoms in total. The summed E-state index contributed by atoms with van der Waals surface area (Å²) < 4.78 is 10.7. The quantitative estimate of drug-likeness (QED) is 0.0819. The van der Waals surface area contributed by atoms with E-state index in [-0.39, 0.29) is 44.9 Å². The molecule has 0 radical (unpaired) electrons. The van der Waals surface area contributed by atoms with Gasteiger partial charge in [0.1, 0.15) is 11.5 Å². The number of carbonyl (C=O) groups excluding carboxylic acids is 6. The molecule has 0 saturated heterocycles. The van der Waals surface area contributed by atoms with Gasteiger partial charge in [-0.2, -0.15) is 0 Å². The first-order valence-corrected chi connectivity index (χ1v) is 13.3. The van der Waals surface area contributed by atoms with Crippen molar-refractivity contribution in [3.05, 3.63) is 167 Å². The minimum atomic E-state index is -0.699. The van der Waals surface area contributed by atoms with Crippen LogP contribution < -0.4 is 9.47 Å². The Bertz CT molecular complexity index is 1720. The summed E-state index contributed by atoms with van der Waals surface area (Å²) in [5.41, 5.74) is 1.19. The van der Waals surface area contributed by atoms with Crippen LogP contribution in [0.5, 0.6) is 11.5 Å². The van der Waals surface area contributed by atoms with Gasteiger partial charge in [0, 0.05) is 22.3 Å². The van der Waals surface area contributed by atoms with Gasteiger partial charge in [-0.3, -0.25) is 19.2 Å². The van der Waals surface area contributed by atoms with E-state index in [1.165, 1.54) is 72.8 Å². The predicted molar refractivity (Wildman–Crippen MR) is 159 cm³/mol. The van der Waals surface area contributed by atoms with E-state index in [1.807, 2.05) is 0 Å². The lowest BCUT2D eigenvalue weighted by molar-refractivity contribution is 0.0720. The zero-order chi connectivity index (χ0) is 31.1. The number of ketones is 4. The summed E-state index contributed by atoms with van der Waals surface area (Å²) in [5.74, 6) is -3.72. The highest BCUT2D eigenvalue weighted by Gasteiger charge is 2.20. The van der Waals surface area contributed by atoms with Gasteiger partial charge < -0.3 is 9.47 Å². The second-order valence-electron chi connectivity index (χ2n) is 9.45. The van der Waals surface area contributed by atoms with E-state index in [2.05, 4.69) is 0 Å². The summed E-state index contributed by atoms with van der Waals surface area (Å²) >= 11 is 0. The second-order valence-corrected chi connectivity index (χ2v) is 9.45. The molecule has 214 valence electrons. The number of Topliss-reactive ketones (excluding diaryl/α,β-unsaturated/α-hetero) is 4. The van der Waals surface area contributed by atoms with Gasteiger partial charge in [-0.25, -0.2) is 9.59 Å². The van der Waals surface area contributed by atoms with Crippen molar-refractivity contribution >= 4 is 35.1 Å². The Balaban J connectivity index is 1.16. The molecule has 0 spiro atoms. The van der Waals surface area contributed by atoms with E-state index in [9.17, 15) is 28.8 Å². The molecule has 0 bridgehead atoms. The molecule has 0 N–H and O–H groups in total. The minimum Gasteiger partial charge on any atom is -0.423 e. The van der Waals surface area contributed by atoms with Crippen LogP contribution in [0.3, 0.4) is 0 Å². The second kappa shape index (κ2) is 13.1. The molecule has 8 heteroatoms. The van der Waals surface area contributed by atoms with Crippen LogP contribution in [0.1, 0.15) is 62.1 Å². The summed E-state index contributed by atoms with van der Waals surface area (Å²) in [6.07, 6.45) is 0. The summed E-state index contributed by atoms with van der Waals surface area (Å²) in [6, 6.07) is 33.2. The number of benzene rings is 5. The smallest absolute Gasteiger partial charge is 0.343 e. The molecule has 0 aliphatic carbocycles. The van der Waals surface area contributed by atoms with Gasteiger partial charge in [0.25, 0.3) is 0 Å². The van der Waals surface area contributed by atoms with Crippen LogP contribution in [0, 0.1) is 0 Å². The maximum atomic E-state index is 12.6. The Labute approximate surface area is 251 Å². The van der Waals surface area contributed by atoms with E-state index in [4.69, 9.17) is 9.47 Å². The Morgan fingerprint density at radius 1 is 0.295 bits per heavy atom. The van der Waals surface area contributed by atoms with Crippen molar-refractivity contribution in [2.24, 2.45) is 0 Å². The zero-order valence-corrected chi connectivity index (χ0v) is 23.0. The molecule has 0 unspecified atom stereocenters. The minimum absolute atomic E-state index is 0.156. The monoisotopic (exact) mass is 582 g/mol. The normalized spacial score (nSPS) is 10.4. The van der Waals surface area contributed by atoms with Crippen LogP contribution in [0.4, 0.5) is 0 Å². The van der Waals surface area contributed by atoms with Crippen molar-refractivity contribution in [1.82, 2.24) is 0 Å². The third kappa shape index (κ3) is 6.78. The molecule has 0 aliphatic heterocycles. The fourth-order valence-electron chi connectivity index (χ4n) is 4.13. The Hall–Kier alpha value is -6.28. The number of carbonyl (C=O) groups is 6. The Kier molecular flexibility index (Phi) is 8.72. The summed E-state index contributed by atoms with van der Waals surface area (Å²) in [5, 5.41) is 0. The first-order valence-electron chi connectivity index (χ1n) is 13.3. The largest absolute Gasteiger partial charge is 0.423 e. The number of rotatable bonds is 10. The van der Waals surface area contributed by atoms with E-state index in [0.29, 0.717) is 0 Å². The van der Waals surface area contributed by atoms with Crippen molar-refractivity contribution in [2.45, 2.75) is 0 Å². The molecule has 0 atom stereocenters. The first-order chi connectivity index (χ1) is 21.3. The van der Waals surface area contributed by atoms with Crippen molar-refractivity contribution in [1.29, 1.82) is 0 Å². The fourth-order valence-corrected chi connectivity index (χ4v) is 4.13. The lowest BCUT2D eigenvalue weighted by Gasteiger charge is -2.07. The lowest BCUT2D eigenvalue weighted by Crippen LogP contribution is -2.15. The van der Waals surface area contributed by atoms with Crippen LogP contribution in [-0.4, -0.2) is 35.1 Å². The Morgan fingerprint density at radius 3 is 0.841 bits per heavy atom. The van der Waals surface area contributed by atoms with Crippen molar-refractivity contribution in [3.63, 3.8) is 0 Å². The van der Waals surface area contributed by atoms with Crippen molar-refractivity contribution < 1.29 is 38.2 Å². The van der Waals surface area contributed by atoms with Crippen LogP contribution in [0.2, 0.25) is 0 Å². The standard InChI is InChI=1S/C36H22O8/c37-31(23-7-3-1-4-8-23)33(39)25-15-19-29(20-16-25)43-35(41)27-11-13-28(14-12-27)36(42)44-30-21-17-26(18-22-30)34(40)32(38)24-9-5-2-6-10-24/h1-22H. The maximum absolute atomic E-state index is 12.6. The van der Waals surface area contributed by atoms with Gasteiger partial charge in [0.2, 0.25) is 23.1 Å². The average molecular weight is 583 g/mol. The predicted octanol–water partition coefficient (Wildman–Crippen LogP) is 6.26. The van der Waals surface area contributed by atoms with Gasteiger partial charge in [-0.15, -0.1) is 0 Å². The van der Waals surface area contributed by atoms with E-state index in [0.717, 1.165) is 0 Å². The molecule has 44 heavy (non-hydrogen) atoms. The van der Waals surface area contributed by atoms with Gasteiger partial charge >= 0.3 is 11.9 Å². The molecule has 0 heterocycles. The number of esters is 2. The molecule has 0 amide bonds. The molecule has 0 aliphatic rings. The highest BCUT2D eigenvalue weighted by molar-refractivity contribution is 6.49. The number of hydrogen-bond acceptors (Lipinski definition) is 8. The summed E-state index contributed by atoms with van der Waals surface area (Å²) in [7, 11) is 0. The van der Waals surface area contributed by atoms with Gasteiger partial charge in [0.15, 0.2) is 0 Å². The number of hydrogen-bond donors (Lipinski definition) is 0. The first kappa shape index (κ1) is 29.2. The summed E-state index contributed by atoms with van der Waals surface area (Å²) in [6.45, 7) is 0. The zero-order valence-electron chi connectivity index (χ0n) is 23.0. The Morgan fingerprint density at radius 2 is 0.545 bits per heavy atom. The number of ether oxygens (including phenoxy) is 2. The van der Waals surface area contributed by atoms with Gasteiger partial charge in [0.05, 0.1) is 11.1 Å². The van der Waals surface area contributed by atoms with E-state index in [1.54, 1.807) is 60.7 Å². The van der Waals surface area contributed by atoms with E-state index < -0.39 is 35.1 Å². The van der Waals surface area contributed by atoms with Gasteiger partial charge in [-0.05, 0) is 72.8 Å². The highest BCUT2D eigenvalue weighted by Crippen LogP contribution is 2.19. The maximum Gasteiger partial charge on any atom is 0.343 e. The van der Waals surface area contributed by atoms with Crippen LogP contribution >= 0.6 is 0 Å². The molecular formula is C36H22O8. The summed E-state index contributed by atoms with van der Waals surface area (Å²) in [4.78, 5) is 75.0. The van der Waals surface area contributed by atoms with E-state index >= 15 is 0 Å². The average Bonchev–Trinajstić information content (AvgIpc) is 3.08. The van der Waals surface area contributed by atoms with Crippen LogP contribution in [0.25, 0.3) is 0 Å². The third-order valence-corrected chi connectivity index (χ3v) is 6.49. The fraction of sp³-hybridized carbons (Fsp3) is 0. The molecule has 5 aromatic carbocycles. The van der Waals surface area contributed by atoms with Crippen LogP contribution in [-0.2, 0) is 0 Å². The van der Waals surface area contributed by atoms with Crippen molar-refractivity contribution in [2.75, 3.05) is 0 Å². The topological polar surface area (TPSA) is 121 Å². The van der Waals surface area contributed by atoms with Crippen LogP contribution in [0.15, 0.2) is 133 Å². The molecule has 5 rings (SSSR count). The lowest BCUT2D eigenvalue weighted by atomic mass is 10.0. The van der Waals surface area contributed by atoms with Gasteiger partial charge in [-0.1, -0.05) is 60.7 Å². The molecule has 5 aromatic rings. The molecule has 0 saturated carbocycles. The molecule has 0 aromatic heterocycles. The van der Waals surface area contributed by atoms with Crippen molar-refractivity contribution in [3.8, 4) is 11.5 Å². The molecular weight excluding hydrogens is 560 g/mol. The third-order valence-electron chi connectivity index (χ3n) is 6.49.